The van der Waals surface area contributed by atoms with Gasteiger partial charge in [-0.25, -0.2) is 19.2 Å². The summed E-state index contributed by atoms with van der Waals surface area (Å²) < 4.78 is 0. The fraction of sp³-hybridized carbons (Fsp3) is 0. The molecule has 1 aromatic carbocycles. The Morgan fingerprint density at radius 2 is 0.895 bits per heavy atom. The predicted octanol–water partition coefficient (Wildman–Crippen LogP) is 0.479. The van der Waals surface area contributed by atoms with E-state index in [0.29, 0.717) is 0 Å². The van der Waals surface area contributed by atoms with Crippen LogP contribution in [0.3, 0.4) is 0 Å². The normalized spacial score (nSPS) is 9.26. The molecule has 8 nitrogen and oxygen atoms in total. The SMILES string of the molecule is O=C(O)c1ccc(C(=O)O)c(C(=O)O)c1C(=O)O.[La]. The van der Waals surface area contributed by atoms with Gasteiger partial charge in [-0.3, -0.25) is 0 Å². The van der Waals surface area contributed by atoms with E-state index in [1.807, 2.05) is 0 Å². The van der Waals surface area contributed by atoms with Crippen molar-refractivity contribution >= 4 is 23.9 Å². The smallest absolute Gasteiger partial charge is 0.337 e. The second-order valence-electron chi connectivity index (χ2n) is 3.13. The van der Waals surface area contributed by atoms with Crippen molar-refractivity contribution in [2.24, 2.45) is 0 Å². The fourth-order valence-corrected chi connectivity index (χ4v) is 1.40. The molecule has 4 N–H and O–H groups in total. The minimum absolute atomic E-state index is 0. The number of aromatic carboxylic acids is 4. The standard InChI is InChI=1S/C10H6O8.La/c11-7(12)3-1-2-4(8(13)14)6(10(17)18)5(3)9(15)16;/h1-2H,(H,11,12)(H,13,14)(H,15,16)(H,17,18);. The van der Waals surface area contributed by atoms with Gasteiger partial charge in [0.2, 0.25) is 0 Å². The van der Waals surface area contributed by atoms with E-state index in [4.69, 9.17) is 20.4 Å². The zero-order valence-corrected chi connectivity index (χ0v) is 12.8. The van der Waals surface area contributed by atoms with Crippen LogP contribution in [-0.4, -0.2) is 44.3 Å². The molecule has 97 valence electrons. The molecule has 0 aliphatic rings. The predicted molar refractivity (Wildman–Crippen MR) is 54.3 cm³/mol. The topological polar surface area (TPSA) is 149 Å². The summed E-state index contributed by atoms with van der Waals surface area (Å²) >= 11 is 0. The van der Waals surface area contributed by atoms with Gasteiger partial charge in [0.15, 0.2) is 0 Å². The van der Waals surface area contributed by atoms with Crippen LogP contribution in [0.1, 0.15) is 41.4 Å². The monoisotopic (exact) mass is 393 g/mol. The van der Waals surface area contributed by atoms with Gasteiger partial charge in [-0.1, -0.05) is 0 Å². The molecule has 0 aliphatic heterocycles. The van der Waals surface area contributed by atoms with Gasteiger partial charge in [-0.2, -0.15) is 0 Å². The van der Waals surface area contributed by atoms with Crippen LogP contribution in [0.25, 0.3) is 0 Å². The summed E-state index contributed by atoms with van der Waals surface area (Å²) in [5.41, 5.74) is -3.69. The number of carboxylic acids is 4. The molecule has 0 saturated heterocycles. The molecule has 0 saturated carbocycles. The first-order valence-electron chi connectivity index (χ1n) is 4.37. The molecule has 0 heterocycles. The zero-order valence-electron chi connectivity index (χ0n) is 9.15. The molecule has 0 atom stereocenters. The summed E-state index contributed by atoms with van der Waals surface area (Å²) in [6.07, 6.45) is 0. The third-order valence-electron chi connectivity index (χ3n) is 2.09. The summed E-state index contributed by atoms with van der Waals surface area (Å²) in [7, 11) is 0. The maximum absolute atomic E-state index is 10.9. The maximum Gasteiger partial charge on any atom is 0.337 e. The number of hydrogen-bond acceptors (Lipinski definition) is 4. The van der Waals surface area contributed by atoms with Gasteiger partial charge in [-0.05, 0) is 12.1 Å². The van der Waals surface area contributed by atoms with Crippen molar-refractivity contribution in [1.82, 2.24) is 0 Å². The van der Waals surface area contributed by atoms with Crippen LogP contribution < -0.4 is 0 Å². The van der Waals surface area contributed by atoms with Gasteiger partial charge >= 0.3 is 23.9 Å². The van der Waals surface area contributed by atoms with Gasteiger partial charge in [0.1, 0.15) is 0 Å². The summed E-state index contributed by atoms with van der Waals surface area (Å²) in [5.74, 6) is -6.97. The Morgan fingerprint density at radius 1 is 0.632 bits per heavy atom. The molecule has 1 radical (unpaired) electrons. The molecule has 9 heteroatoms. The van der Waals surface area contributed by atoms with E-state index in [2.05, 4.69) is 0 Å². The third-order valence-corrected chi connectivity index (χ3v) is 2.09. The molecule has 1 rings (SSSR count). The van der Waals surface area contributed by atoms with Crippen LogP contribution in [0, 0.1) is 35.6 Å². The molecule has 0 aromatic heterocycles. The number of carboxylic acid groups (broad SMARTS) is 4. The molecule has 0 aliphatic carbocycles. The number of carbonyl (C=O) groups is 4. The first kappa shape index (κ1) is 17.3. The molecule has 0 amide bonds. The van der Waals surface area contributed by atoms with Crippen LogP contribution in [0.15, 0.2) is 12.1 Å². The Balaban J connectivity index is 0.00000324. The third kappa shape index (κ3) is 3.40. The molecular formula is C10H6LaO8. The molecule has 0 bridgehead atoms. The van der Waals surface area contributed by atoms with E-state index in [1.165, 1.54) is 0 Å². The van der Waals surface area contributed by atoms with Gasteiger partial charge < -0.3 is 20.4 Å². The first-order valence-corrected chi connectivity index (χ1v) is 4.37. The second-order valence-corrected chi connectivity index (χ2v) is 3.13. The van der Waals surface area contributed by atoms with Crippen LogP contribution in [0.2, 0.25) is 0 Å². The molecule has 0 spiro atoms. The van der Waals surface area contributed by atoms with Crippen molar-refractivity contribution in [3.05, 3.63) is 34.4 Å². The Morgan fingerprint density at radius 3 is 1.05 bits per heavy atom. The zero-order chi connectivity index (χ0) is 14.0. The van der Waals surface area contributed by atoms with Gasteiger partial charge in [0, 0.05) is 35.6 Å². The molecule has 19 heavy (non-hydrogen) atoms. The van der Waals surface area contributed by atoms with Crippen LogP contribution in [0.5, 0.6) is 0 Å². The van der Waals surface area contributed by atoms with E-state index in [0.717, 1.165) is 12.1 Å². The number of hydrogen-bond donors (Lipinski definition) is 4. The minimum atomic E-state index is -1.83. The van der Waals surface area contributed by atoms with E-state index in [9.17, 15) is 19.2 Å². The first-order chi connectivity index (χ1) is 8.27. The molecule has 0 unspecified atom stereocenters. The summed E-state index contributed by atoms with van der Waals surface area (Å²) in [4.78, 5) is 43.4. The van der Waals surface area contributed by atoms with E-state index < -0.39 is 46.1 Å². The Kier molecular flexibility index (Phi) is 5.88. The molecule has 0 fully saturated rings. The average molecular weight is 393 g/mol. The van der Waals surface area contributed by atoms with E-state index in [1.54, 1.807) is 0 Å². The van der Waals surface area contributed by atoms with Gasteiger partial charge in [0.25, 0.3) is 0 Å². The Labute approximate surface area is 133 Å². The minimum Gasteiger partial charge on any atom is -0.478 e. The van der Waals surface area contributed by atoms with Gasteiger partial charge in [0.05, 0.1) is 22.3 Å². The van der Waals surface area contributed by atoms with Crippen molar-refractivity contribution in [3.63, 3.8) is 0 Å². The molecular weight excluding hydrogens is 387 g/mol. The van der Waals surface area contributed by atoms with E-state index in [-0.39, 0.29) is 35.6 Å². The van der Waals surface area contributed by atoms with Crippen molar-refractivity contribution in [3.8, 4) is 0 Å². The summed E-state index contributed by atoms with van der Waals surface area (Å²) in [6, 6.07) is 1.48. The summed E-state index contributed by atoms with van der Waals surface area (Å²) in [6.45, 7) is 0. The van der Waals surface area contributed by atoms with Crippen molar-refractivity contribution in [2.45, 2.75) is 0 Å². The Hall–Kier alpha value is -1.71. The van der Waals surface area contributed by atoms with E-state index >= 15 is 0 Å². The quantitative estimate of drug-likeness (QED) is 0.577. The fourth-order valence-electron chi connectivity index (χ4n) is 1.40. The van der Waals surface area contributed by atoms with Crippen LogP contribution in [-0.2, 0) is 0 Å². The van der Waals surface area contributed by atoms with Crippen LogP contribution >= 0.6 is 0 Å². The largest absolute Gasteiger partial charge is 0.478 e. The van der Waals surface area contributed by atoms with Crippen LogP contribution in [0.4, 0.5) is 0 Å². The number of rotatable bonds is 4. The molecule has 1 aromatic rings. The second kappa shape index (κ2) is 6.46. The van der Waals surface area contributed by atoms with Crippen molar-refractivity contribution in [2.75, 3.05) is 0 Å². The van der Waals surface area contributed by atoms with Crippen molar-refractivity contribution in [1.29, 1.82) is 0 Å². The average Bonchev–Trinajstić information content (AvgIpc) is 2.26. The maximum atomic E-state index is 10.9. The van der Waals surface area contributed by atoms with Crippen molar-refractivity contribution < 1.29 is 75.2 Å². The Bertz CT molecular complexity index is 526. The van der Waals surface area contributed by atoms with Gasteiger partial charge in [-0.15, -0.1) is 0 Å². The number of benzene rings is 1. The summed E-state index contributed by atoms with van der Waals surface area (Å²) in [5, 5.41) is 35.2.